The van der Waals surface area contributed by atoms with E-state index in [1.807, 2.05) is 6.07 Å². The van der Waals surface area contributed by atoms with Crippen LogP contribution in [0.3, 0.4) is 0 Å². The molecule has 0 atom stereocenters. The van der Waals surface area contributed by atoms with E-state index in [0.717, 1.165) is 24.8 Å². The maximum absolute atomic E-state index is 12.5. The Kier molecular flexibility index (Phi) is 4.95. The minimum absolute atomic E-state index is 0.379. The summed E-state index contributed by atoms with van der Waals surface area (Å²) in [5, 5.41) is 10.7. The van der Waals surface area contributed by atoms with Crippen LogP contribution >= 0.6 is 23.2 Å². The molecule has 7 nitrogen and oxygen atoms in total. The number of aromatic nitrogens is 3. The van der Waals surface area contributed by atoms with Crippen molar-refractivity contribution in [2.24, 2.45) is 0 Å². The molecule has 0 bridgehead atoms. The summed E-state index contributed by atoms with van der Waals surface area (Å²) in [5.74, 6) is -1.45. The van der Waals surface area contributed by atoms with Crippen LogP contribution < -0.4 is 10.6 Å². The number of fused-ring (bicyclic) bond motifs is 1. The number of hydrogen-bond acceptors (Lipinski definition) is 4. The van der Waals surface area contributed by atoms with Crippen molar-refractivity contribution in [2.45, 2.75) is 31.2 Å². The van der Waals surface area contributed by atoms with Gasteiger partial charge in [-0.25, -0.2) is 9.50 Å². The van der Waals surface area contributed by atoms with E-state index in [0.29, 0.717) is 27.8 Å². The Labute approximate surface area is 171 Å². The van der Waals surface area contributed by atoms with Gasteiger partial charge in [0, 0.05) is 28.0 Å². The van der Waals surface area contributed by atoms with Crippen LogP contribution in [0.1, 0.15) is 24.8 Å². The average molecular weight is 418 g/mol. The third-order valence-electron chi connectivity index (χ3n) is 4.97. The number of rotatable bonds is 4. The van der Waals surface area contributed by atoms with Gasteiger partial charge >= 0.3 is 11.8 Å². The van der Waals surface area contributed by atoms with Crippen LogP contribution in [0.25, 0.3) is 5.65 Å². The van der Waals surface area contributed by atoms with Gasteiger partial charge in [-0.1, -0.05) is 29.3 Å². The van der Waals surface area contributed by atoms with Crippen LogP contribution in [0, 0.1) is 0 Å². The summed E-state index contributed by atoms with van der Waals surface area (Å²) in [4.78, 5) is 29.1. The Bertz CT molecular complexity index is 1060. The molecule has 1 aromatic carbocycles. The van der Waals surface area contributed by atoms with Crippen molar-refractivity contribution in [3.8, 4) is 0 Å². The van der Waals surface area contributed by atoms with Gasteiger partial charge in [0.15, 0.2) is 5.65 Å². The average Bonchev–Trinajstić information content (AvgIpc) is 3.05. The predicted octanol–water partition coefficient (Wildman–Crippen LogP) is 3.26. The van der Waals surface area contributed by atoms with Gasteiger partial charge in [-0.2, -0.15) is 5.10 Å². The van der Waals surface area contributed by atoms with Crippen LogP contribution in [0.4, 0.5) is 5.69 Å². The number of amides is 2. The first-order chi connectivity index (χ1) is 13.5. The van der Waals surface area contributed by atoms with Gasteiger partial charge in [0.1, 0.15) is 5.69 Å². The number of nitrogens with zero attached hydrogens (tertiary/aromatic N) is 3. The zero-order valence-electron chi connectivity index (χ0n) is 14.8. The number of nitrogens with one attached hydrogen (secondary N) is 2. The molecule has 3 aromatic rings. The largest absolute Gasteiger partial charge is 0.342 e. The quantitative estimate of drug-likeness (QED) is 0.637. The van der Waals surface area contributed by atoms with E-state index in [-0.39, 0.29) is 0 Å². The lowest BCUT2D eigenvalue weighted by Gasteiger charge is -2.42. The number of hydrogen-bond donors (Lipinski definition) is 2. The van der Waals surface area contributed by atoms with Gasteiger partial charge in [0.05, 0.1) is 6.20 Å². The van der Waals surface area contributed by atoms with Crippen molar-refractivity contribution in [3.63, 3.8) is 0 Å². The van der Waals surface area contributed by atoms with Gasteiger partial charge in [0.2, 0.25) is 0 Å². The maximum atomic E-state index is 12.5. The molecule has 2 amide bonds. The second kappa shape index (κ2) is 7.41. The first kappa shape index (κ1) is 18.7. The van der Waals surface area contributed by atoms with E-state index < -0.39 is 17.4 Å². The minimum atomic E-state index is -0.756. The summed E-state index contributed by atoms with van der Waals surface area (Å²) >= 11 is 12.2. The smallest absolute Gasteiger partial charge is 0.313 e. The zero-order chi connectivity index (χ0) is 19.7. The highest BCUT2D eigenvalue weighted by Crippen LogP contribution is 2.37. The second-order valence-electron chi connectivity index (χ2n) is 6.90. The van der Waals surface area contributed by atoms with E-state index in [1.54, 1.807) is 30.6 Å². The Morgan fingerprint density at radius 2 is 2.04 bits per heavy atom. The molecular formula is C19H17Cl2N5O2. The first-order valence-corrected chi connectivity index (χ1v) is 9.57. The number of anilines is 1. The van der Waals surface area contributed by atoms with E-state index in [9.17, 15) is 9.59 Å². The Morgan fingerprint density at radius 1 is 1.21 bits per heavy atom. The highest BCUT2D eigenvalue weighted by atomic mass is 35.5. The van der Waals surface area contributed by atoms with Crippen molar-refractivity contribution in [1.82, 2.24) is 19.9 Å². The predicted molar refractivity (Wildman–Crippen MR) is 107 cm³/mol. The summed E-state index contributed by atoms with van der Waals surface area (Å²) in [7, 11) is 0. The molecule has 0 unspecified atom stereocenters. The van der Waals surface area contributed by atoms with Gasteiger partial charge in [-0.05, 0) is 49.4 Å². The normalized spacial score (nSPS) is 15.1. The molecule has 0 aliphatic heterocycles. The third-order valence-corrected chi connectivity index (χ3v) is 5.55. The zero-order valence-corrected chi connectivity index (χ0v) is 16.3. The van der Waals surface area contributed by atoms with Crippen molar-refractivity contribution in [2.75, 3.05) is 5.32 Å². The third kappa shape index (κ3) is 3.68. The van der Waals surface area contributed by atoms with E-state index in [1.165, 1.54) is 10.7 Å². The summed E-state index contributed by atoms with van der Waals surface area (Å²) in [6, 6.07) is 7.02. The molecule has 4 rings (SSSR count). The van der Waals surface area contributed by atoms with Gasteiger partial charge < -0.3 is 10.6 Å². The Hall–Kier alpha value is -2.64. The molecule has 144 valence electrons. The van der Waals surface area contributed by atoms with E-state index in [2.05, 4.69) is 20.7 Å². The van der Waals surface area contributed by atoms with Crippen LogP contribution in [0.15, 0.2) is 42.9 Å². The molecule has 2 heterocycles. The summed E-state index contributed by atoms with van der Waals surface area (Å²) < 4.78 is 1.52. The molecule has 1 saturated carbocycles. The highest BCUT2D eigenvalue weighted by molar-refractivity contribution is 6.40. The lowest BCUT2D eigenvalue weighted by Crippen LogP contribution is -2.57. The fourth-order valence-electron chi connectivity index (χ4n) is 3.37. The molecule has 1 aliphatic rings. The fourth-order valence-corrected chi connectivity index (χ4v) is 3.85. The van der Waals surface area contributed by atoms with Gasteiger partial charge in [-0.15, -0.1) is 0 Å². The molecule has 0 spiro atoms. The van der Waals surface area contributed by atoms with Crippen molar-refractivity contribution < 1.29 is 9.59 Å². The van der Waals surface area contributed by atoms with Crippen molar-refractivity contribution >= 4 is 46.4 Å². The molecule has 1 fully saturated rings. The molecule has 9 heteroatoms. The van der Waals surface area contributed by atoms with Gasteiger partial charge in [-0.3, -0.25) is 9.59 Å². The summed E-state index contributed by atoms with van der Waals surface area (Å²) in [6.45, 7) is 0. The number of halogens is 2. The molecule has 1 aliphatic carbocycles. The number of carbonyl (C=O) groups excluding carboxylic acids is 2. The standard InChI is InChI=1S/C19H17Cl2N5O2/c20-13-4-3-12(14(21)9-13)10-19(5-1-6-19)25-18(28)17(27)24-15-11-23-26-8-2-7-22-16(15)26/h2-4,7-9,11H,1,5-6,10H2,(H,24,27)(H,25,28). The van der Waals surface area contributed by atoms with Gasteiger partial charge in [0.25, 0.3) is 0 Å². The minimum Gasteiger partial charge on any atom is -0.342 e. The summed E-state index contributed by atoms with van der Waals surface area (Å²) in [5.41, 5.74) is 1.25. The first-order valence-electron chi connectivity index (χ1n) is 8.82. The van der Waals surface area contributed by atoms with Crippen LogP contribution in [0.2, 0.25) is 10.0 Å². The molecule has 2 aromatic heterocycles. The monoisotopic (exact) mass is 417 g/mol. The topological polar surface area (TPSA) is 88.4 Å². The van der Waals surface area contributed by atoms with Crippen LogP contribution in [0.5, 0.6) is 0 Å². The molecular weight excluding hydrogens is 401 g/mol. The summed E-state index contributed by atoms with van der Waals surface area (Å²) in [6.07, 6.45) is 7.83. The Morgan fingerprint density at radius 3 is 2.75 bits per heavy atom. The molecule has 0 radical (unpaired) electrons. The second-order valence-corrected chi connectivity index (χ2v) is 7.74. The van der Waals surface area contributed by atoms with Crippen LogP contribution in [-0.2, 0) is 16.0 Å². The lowest BCUT2D eigenvalue weighted by molar-refractivity contribution is -0.138. The SMILES string of the molecule is O=C(Nc1cnn2cccnc12)C(=O)NC1(Cc2ccc(Cl)cc2Cl)CCC1. The van der Waals surface area contributed by atoms with E-state index >= 15 is 0 Å². The molecule has 0 saturated heterocycles. The van der Waals surface area contributed by atoms with E-state index in [4.69, 9.17) is 23.2 Å². The molecule has 2 N–H and O–H groups in total. The highest BCUT2D eigenvalue weighted by Gasteiger charge is 2.40. The van der Waals surface area contributed by atoms with Crippen LogP contribution in [-0.4, -0.2) is 32.0 Å². The number of benzene rings is 1. The number of carbonyl (C=O) groups is 2. The Balaban J connectivity index is 1.46. The lowest BCUT2D eigenvalue weighted by atomic mass is 9.72. The maximum Gasteiger partial charge on any atom is 0.313 e. The molecule has 28 heavy (non-hydrogen) atoms. The fraction of sp³-hybridized carbons (Fsp3) is 0.263. The van der Waals surface area contributed by atoms with Crippen molar-refractivity contribution in [1.29, 1.82) is 0 Å². The van der Waals surface area contributed by atoms with Crippen molar-refractivity contribution in [3.05, 3.63) is 58.5 Å².